The quantitative estimate of drug-likeness (QED) is 0.536. The molecular weight excluding hydrogens is 444 g/mol. The van der Waals surface area contributed by atoms with E-state index in [0.717, 1.165) is 29.1 Å². The number of amides is 1. The number of halogens is 1. The third-order valence-corrected chi connectivity index (χ3v) is 7.74. The summed E-state index contributed by atoms with van der Waals surface area (Å²) in [6.45, 7) is 1.55. The summed E-state index contributed by atoms with van der Waals surface area (Å²) in [5, 5.41) is 3.34. The largest absolute Gasteiger partial charge is 0.348 e. The summed E-state index contributed by atoms with van der Waals surface area (Å²) >= 11 is 6.11. The molecule has 166 valence electrons. The molecule has 0 heterocycles. The Morgan fingerprint density at radius 3 is 2.50 bits per heavy atom. The minimum Gasteiger partial charge on any atom is -0.348 e. The lowest BCUT2D eigenvalue weighted by Gasteiger charge is -2.25. The minimum absolute atomic E-state index is 0.111. The Labute approximate surface area is 194 Å². The summed E-state index contributed by atoms with van der Waals surface area (Å²) in [5.74, 6) is -0.391. The summed E-state index contributed by atoms with van der Waals surface area (Å²) in [6, 6.07) is 20.6. The second kappa shape index (κ2) is 9.35. The van der Waals surface area contributed by atoms with E-state index in [0.29, 0.717) is 10.7 Å². The maximum absolute atomic E-state index is 13.4. The molecule has 1 aliphatic carbocycles. The average Bonchev–Trinajstić information content (AvgIpc) is 3.26. The van der Waals surface area contributed by atoms with Crippen molar-refractivity contribution in [1.29, 1.82) is 0 Å². The van der Waals surface area contributed by atoms with Gasteiger partial charge in [0.2, 0.25) is 5.91 Å². The number of hydrogen-bond donors (Lipinski definition) is 1. The molecule has 0 spiro atoms. The third kappa shape index (κ3) is 4.81. The highest BCUT2D eigenvalue weighted by molar-refractivity contribution is 7.92. The Morgan fingerprint density at radius 1 is 1.00 bits per heavy atom. The number of nitrogens with zero attached hydrogens (tertiary/aromatic N) is 1. The van der Waals surface area contributed by atoms with E-state index in [1.807, 2.05) is 13.0 Å². The first-order chi connectivity index (χ1) is 15.3. The van der Waals surface area contributed by atoms with Gasteiger partial charge in [-0.2, -0.15) is 0 Å². The van der Waals surface area contributed by atoms with Gasteiger partial charge < -0.3 is 5.32 Å². The number of nitrogens with one attached hydrogen (secondary N) is 1. The second-order valence-electron chi connectivity index (χ2n) is 7.98. The Balaban J connectivity index is 1.57. The van der Waals surface area contributed by atoms with E-state index in [4.69, 9.17) is 11.6 Å². The maximum atomic E-state index is 13.4. The third-order valence-electron chi connectivity index (χ3n) is 5.71. The van der Waals surface area contributed by atoms with E-state index in [2.05, 4.69) is 17.4 Å². The van der Waals surface area contributed by atoms with Crippen molar-refractivity contribution in [2.24, 2.45) is 0 Å². The summed E-state index contributed by atoms with van der Waals surface area (Å²) in [5.41, 5.74) is 4.05. The number of carbonyl (C=O) groups excluding carboxylic acids is 1. The second-order valence-corrected chi connectivity index (χ2v) is 10.3. The van der Waals surface area contributed by atoms with Crippen LogP contribution in [-0.4, -0.2) is 20.9 Å². The lowest BCUT2D eigenvalue weighted by molar-refractivity contribution is -0.120. The van der Waals surface area contributed by atoms with Crippen LogP contribution in [0.5, 0.6) is 0 Å². The van der Waals surface area contributed by atoms with Gasteiger partial charge in [0.05, 0.1) is 16.6 Å². The molecule has 3 aromatic rings. The van der Waals surface area contributed by atoms with Gasteiger partial charge in [0.15, 0.2) is 0 Å². The molecule has 7 heteroatoms. The number of carbonyl (C=O) groups is 1. The molecule has 1 unspecified atom stereocenters. The molecule has 32 heavy (non-hydrogen) atoms. The van der Waals surface area contributed by atoms with Gasteiger partial charge in [0, 0.05) is 5.02 Å². The van der Waals surface area contributed by atoms with Crippen LogP contribution in [0.4, 0.5) is 5.69 Å². The normalized spacial score (nSPS) is 13.9. The van der Waals surface area contributed by atoms with Crippen LogP contribution in [0.2, 0.25) is 5.02 Å². The van der Waals surface area contributed by atoms with Gasteiger partial charge in [0.25, 0.3) is 10.0 Å². The van der Waals surface area contributed by atoms with E-state index in [1.165, 1.54) is 23.3 Å². The fourth-order valence-electron chi connectivity index (χ4n) is 4.03. The molecule has 5 nitrogen and oxygen atoms in total. The number of rotatable bonds is 7. The number of anilines is 1. The predicted octanol–water partition coefficient (Wildman–Crippen LogP) is 4.90. The number of fused-ring (bicyclic) bond motifs is 1. The van der Waals surface area contributed by atoms with E-state index in [1.54, 1.807) is 42.5 Å². The molecule has 1 amide bonds. The Morgan fingerprint density at radius 2 is 1.75 bits per heavy atom. The number of benzene rings is 3. The van der Waals surface area contributed by atoms with Gasteiger partial charge in [-0.25, -0.2) is 8.42 Å². The van der Waals surface area contributed by atoms with Crippen LogP contribution >= 0.6 is 11.6 Å². The number of aryl methyl sites for hydroxylation is 2. The van der Waals surface area contributed by atoms with E-state index >= 15 is 0 Å². The van der Waals surface area contributed by atoms with Crippen molar-refractivity contribution in [2.75, 3.05) is 10.8 Å². The monoisotopic (exact) mass is 468 g/mol. The van der Waals surface area contributed by atoms with Gasteiger partial charge in [-0.3, -0.25) is 9.10 Å². The molecular formula is C25H25ClN2O3S. The smallest absolute Gasteiger partial charge is 0.264 e. The van der Waals surface area contributed by atoms with Gasteiger partial charge in [0.1, 0.15) is 6.54 Å². The molecule has 3 aromatic carbocycles. The zero-order valence-corrected chi connectivity index (χ0v) is 19.4. The summed E-state index contributed by atoms with van der Waals surface area (Å²) in [6.07, 6.45) is 3.31. The highest BCUT2D eigenvalue weighted by Gasteiger charge is 2.28. The van der Waals surface area contributed by atoms with Crippen molar-refractivity contribution < 1.29 is 13.2 Å². The van der Waals surface area contributed by atoms with Crippen molar-refractivity contribution in [2.45, 2.75) is 37.1 Å². The van der Waals surface area contributed by atoms with E-state index < -0.39 is 15.9 Å². The molecule has 1 N–H and O–H groups in total. The van der Waals surface area contributed by atoms with Crippen molar-refractivity contribution in [1.82, 2.24) is 5.32 Å². The lowest BCUT2D eigenvalue weighted by Crippen LogP contribution is -2.41. The van der Waals surface area contributed by atoms with Gasteiger partial charge in [-0.1, -0.05) is 54.1 Å². The first-order valence-corrected chi connectivity index (χ1v) is 12.4. The van der Waals surface area contributed by atoms with Crippen LogP contribution in [0, 0.1) is 0 Å². The molecule has 0 saturated heterocycles. The van der Waals surface area contributed by atoms with Crippen molar-refractivity contribution in [3.8, 4) is 0 Å². The van der Waals surface area contributed by atoms with Crippen molar-refractivity contribution >= 4 is 33.2 Å². The molecule has 0 aromatic heterocycles. The van der Waals surface area contributed by atoms with Crippen molar-refractivity contribution in [3.05, 3.63) is 94.5 Å². The Kier molecular flexibility index (Phi) is 6.53. The lowest BCUT2D eigenvalue weighted by atomic mass is 10.0. The van der Waals surface area contributed by atoms with Crippen LogP contribution < -0.4 is 9.62 Å². The summed E-state index contributed by atoms with van der Waals surface area (Å²) < 4.78 is 27.8. The first kappa shape index (κ1) is 22.4. The minimum atomic E-state index is -3.96. The molecule has 0 fully saturated rings. The molecule has 0 radical (unpaired) electrons. The number of sulfonamides is 1. The fourth-order valence-corrected chi connectivity index (χ4v) is 5.65. The van der Waals surface area contributed by atoms with E-state index in [9.17, 15) is 13.2 Å². The molecule has 1 atom stereocenters. The van der Waals surface area contributed by atoms with E-state index in [-0.39, 0.29) is 17.5 Å². The molecule has 0 saturated carbocycles. The topological polar surface area (TPSA) is 66.5 Å². The van der Waals surface area contributed by atoms with Gasteiger partial charge in [-0.15, -0.1) is 0 Å². The van der Waals surface area contributed by atoms with Crippen molar-refractivity contribution in [3.63, 3.8) is 0 Å². The van der Waals surface area contributed by atoms with Crippen LogP contribution in [0.15, 0.2) is 77.7 Å². The zero-order chi connectivity index (χ0) is 22.7. The molecule has 0 bridgehead atoms. The predicted molar refractivity (Wildman–Crippen MR) is 127 cm³/mol. The van der Waals surface area contributed by atoms with Gasteiger partial charge in [-0.05, 0) is 73.2 Å². The SMILES string of the molecule is CC(NC(=O)CN(c1cccc(Cl)c1)S(=O)(=O)c1ccccc1)c1ccc2c(c1)CCC2. The number of hydrogen-bond acceptors (Lipinski definition) is 3. The molecule has 4 rings (SSSR count). The Bertz CT molecular complexity index is 1230. The summed E-state index contributed by atoms with van der Waals surface area (Å²) in [7, 11) is -3.96. The maximum Gasteiger partial charge on any atom is 0.264 e. The average molecular weight is 469 g/mol. The summed E-state index contributed by atoms with van der Waals surface area (Å²) in [4.78, 5) is 13.1. The zero-order valence-electron chi connectivity index (χ0n) is 17.8. The van der Waals surface area contributed by atoms with Crippen LogP contribution in [0.25, 0.3) is 0 Å². The Hall–Kier alpha value is -2.83. The molecule has 1 aliphatic rings. The standard InChI is InChI=1S/C25H25ClN2O3S/c1-18(20-14-13-19-7-5-8-21(19)15-20)27-25(29)17-28(23-10-6-9-22(26)16-23)32(30,31)24-11-3-2-4-12-24/h2-4,6,9-16,18H,5,7-8,17H2,1H3,(H,27,29). The van der Waals surface area contributed by atoms with Crippen LogP contribution in [-0.2, 0) is 27.7 Å². The highest BCUT2D eigenvalue weighted by Crippen LogP contribution is 2.27. The van der Waals surface area contributed by atoms with Gasteiger partial charge >= 0.3 is 0 Å². The molecule has 0 aliphatic heterocycles. The fraction of sp³-hybridized carbons (Fsp3) is 0.240. The first-order valence-electron chi connectivity index (χ1n) is 10.6. The highest BCUT2D eigenvalue weighted by atomic mass is 35.5. The van der Waals surface area contributed by atoms with Crippen LogP contribution in [0.3, 0.4) is 0 Å². The van der Waals surface area contributed by atoms with Crippen LogP contribution in [0.1, 0.15) is 36.1 Å².